The number of rotatable bonds is 4. The van der Waals surface area contributed by atoms with Gasteiger partial charge in [0.05, 0.1) is 6.61 Å². The molecule has 1 aromatic heterocycles. The van der Waals surface area contributed by atoms with Crippen molar-refractivity contribution in [3.05, 3.63) is 41.2 Å². The zero-order chi connectivity index (χ0) is 13.0. The van der Waals surface area contributed by atoms with Gasteiger partial charge in [-0.3, -0.25) is 0 Å². The molecule has 94 valence electrons. The van der Waals surface area contributed by atoms with Gasteiger partial charge in [0, 0.05) is 19.7 Å². The summed E-state index contributed by atoms with van der Waals surface area (Å²) in [6.45, 7) is 0.490. The Morgan fingerprint density at radius 3 is 2.94 bits per heavy atom. The molecular formula is C11H13N5O2. The second kappa shape index (κ2) is 5.37. The molecule has 0 spiro atoms. The zero-order valence-electron chi connectivity index (χ0n) is 10.1. The van der Waals surface area contributed by atoms with Crippen molar-refractivity contribution in [3.63, 3.8) is 0 Å². The average Bonchev–Trinajstić information content (AvgIpc) is 2.78. The normalized spacial score (nSPS) is 11.8. The molecule has 18 heavy (non-hydrogen) atoms. The van der Waals surface area contributed by atoms with Gasteiger partial charge >= 0.3 is 0 Å². The SMILES string of the molecule is COCc1cccc(C(=NO)c2nnnn2C)c1. The number of nitrogens with zero attached hydrogens (tertiary/aromatic N) is 5. The minimum atomic E-state index is 0.320. The number of hydrogen-bond donors (Lipinski definition) is 1. The molecule has 0 saturated heterocycles. The van der Waals surface area contributed by atoms with E-state index in [1.165, 1.54) is 4.68 Å². The Morgan fingerprint density at radius 1 is 1.50 bits per heavy atom. The Hall–Kier alpha value is -2.28. The molecule has 0 amide bonds. The maximum Gasteiger partial charge on any atom is 0.204 e. The molecule has 1 aromatic carbocycles. The van der Waals surface area contributed by atoms with Gasteiger partial charge in [0.25, 0.3) is 0 Å². The number of aryl methyl sites for hydroxylation is 1. The summed E-state index contributed by atoms with van der Waals surface area (Å²) in [5.74, 6) is 0.395. The standard InChI is InChI=1S/C11H13N5O2/c1-16-11(12-14-15-16)10(13-17)9-5-3-4-8(6-9)7-18-2/h3-6,17H,7H2,1-2H3. The van der Waals surface area contributed by atoms with Gasteiger partial charge in [-0.15, -0.1) is 5.10 Å². The molecule has 7 nitrogen and oxygen atoms in total. The van der Waals surface area contributed by atoms with Crippen molar-refractivity contribution in [1.29, 1.82) is 0 Å². The third-order valence-corrected chi connectivity index (χ3v) is 2.44. The number of methoxy groups -OCH3 is 1. The van der Waals surface area contributed by atoms with Crippen LogP contribution < -0.4 is 0 Å². The molecule has 0 aliphatic carbocycles. The Balaban J connectivity index is 2.40. The summed E-state index contributed by atoms with van der Waals surface area (Å²) in [7, 11) is 3.31. The summed E-state index contributed by atoms with van der Waals surface area (Å²) in [5.41, 5.74) is 2.02. The van der Waals surface area contributed by atoms with E-state index in [-0.39, 0.29) is 0 Å². The Bertz CT molecular complexity index is 564. The largest absolute Gasteiger partial charge is 0.410 e. The molecule has 2 rings (SSSR count). The third kappa shape index (κ3) is 2.35. The van der Waals surface area contributed by atoms with Crippen LogP contribution in [0.2, 0.25) is 0 Å². The van der Waals surface area contributed by atoms with Crippen LogP contribution in [0.1, 0.15) is 17.0 Å². The Labute approximate surface area is 104 Å². The van der Waals surface area contributed by atoms with Gasteiger partial charge in [0.1, 0.15) is 0 Å². The van der Waals surface area contributed by atoms with E-state index >= 15 is 0 Å². The van der Waals surface area contributed by atoms with Gasteiger partial charge in [0.15, 0.2) is 5.71 Å². The topological polar surface area (TPSA) is 85.4 Å². The van der Waals surface area contributed by atoms with E-state index in [1.54, 1.807) is 14.2 Å². The average molecular weight is 247 g/mol. The Morgan fingerprint density at radius 2 is 2.33 bits per heavy atom. The summed E-state index contributed by atoms with van der Waals surface area (Å²) in [6.07, 6.45) is 0. The molecule has 7 heteroatoms. The van der Waals surface area contributed by atoms with Crippen molar-refractivity contribution in [1.82, 2.24) is 20.2 Å². The highest BCUT2D eigenvalue weighted by atomic mass is 16.5. The first-order valence-corrected chi connectivity index (χ1v) is 5.29. The van der Waals surface area contributed by atoms with Crippen LogP contribution in [0, 0.1) is 0 Å². The fourth-order valence-electron chi connectivity index (χ4n) is 1.64. The molecule has 0 saturated carbocycles. The van der Waals surface area contributed by atoms with E-state index in [2.05, 4.69) is 20.7 Å². The van der Waals surface area contributed by atoms with Crippen molar-refractivity contribution in [3.8, 4) is 0 Å². The maximum absolute atomic E-state index is 9.14. The van der Waals surface area contributed by atoms with Crippen LogP contribution in [0.25, 0.3) is 0 Å². The molecule has 0 aliphatic heterocycles. The first-order chi connectivity index (χ1) is 8.76. The lowest BCUT2D eigenvalue weighted by molar-refractivity contribution is 0.185. The molecular weight excluding hydrogens is 234 g/mol. The number of hydrogen-bond acceptors (Lipinski definition) is 6. The van der Waals surface area contributed by atoms with Crippen molar-refractivity contribution in [2.45, 2.75) is 6.61 Å². The molecule has 1 N–H and O–H groups in total. The summed E-state index contributed by atoms with van der Waals surface area (Å²) >= 11 is 0. The monoisotopic (exact) mass is 247 g/mol. The number of ether oxygens (including phenoxy) is 1. The highest BCUT2D eigenvalue weighted by Crippen LogP contribution is 2.11. The molecule has 0 unspecified atom stereocenters. The van der Waals surface area contributed by atoms with Gasteiger partial charge in [0.2, 0.25) is 5.82 Å². The molecule has 0 fully saturated rings. The van der Waals surface area contributed by atoms with Gasteiger partial charge in [-0.2, -0.15) is 0 Å². The Kier molecular flexibility index (Phi) is 3.63. The van der Waals surface area contributed by atoms with Crippen LogP contribution in [0.3, 0.4) is 0 Å². The highest BCUT2D eigenvalue weighted by Gasteiger charge is 2.14. The lowest BCUT2D eigenvalue weighted by Gasteiger charge is -2.05. The fourth-order valence-corrected chi connectivity index (χ4v) is 1.64. The summed E-state index contributed by atoms with van der Waals surface area (Å²) in [5, 5.41) is 23.5. The molecule has 0 radical (unpaired) electrons. The molecule has 0 atom stereocenters. The van der Waals surface area contributed by atoms with Crippen molar-refractivity contribution >= 4 is 5.71 Å². The smallest absolute Gasteiger partial charge is 0.204 e. The third-order valence-electron chi connectivity index (χ3n) is 2.44. The first kappa shape index (κ1) is 12.2. The van der Waals surface area contributed by atoms with Crippen molar-refractivity contribution < 1.29 is 9.94 Å². The number of oxime groups is 1. The molecule has 0 aliphatic rings. The van der Waals surface area contributed by atoms with E-state index < -0.39 is 0 Å². The molecule has 2 aromatic rings. The second-order valence-corrected chi connectivity index (χ2v) is 3.71. The quantitative estimate of drug-likeness (QED) is 0.485. The predicted octanol–water partition coefficient (Wildman–Crippen LogP) is 0.583. The van der Waals surface area contributed by atoms with Crippen LogP contribution in [0.5, 0.6) is 0 Å². The second-order valence-electron chi connectivity index (χ2n) is 3.71. The maximum atomic E-state index is 9.14. The summed E-state index contributed by atoms with van der Waals surface area (Å²) in [4.78, 5) is 0. The van der Waals surface area contributed by atoms with Gasteiger partial charge in [-0.25, -0.2) is 4.68 Å². The van der Waals surface area contributed by atoms with Gasteiger partial charge < -0.3 is 9.94 Å². The minimum absolute atomic E-state index is 0.320. The van der Waals surface area contributed by atoms with Gasteiger partial charge in [-0.1, -0.05) is 23.4 Å². The van der Waals surface area contributed by atoms with Crippen molar-refractivity contribution in [2.24, 2.45) is 12.2 Å². The van der Waals surface area contributed by atoms with Crippen LogP contribution >= 0.6 is 0 Å². The predicted molar refractivity (Wildman–Crippen MR) is 63.4 cm³/mol. The van der Waals surface area contributed by atoms with Crippen molar-refractivity contribution in [2.75, 3.05) is 7.11 Å². The van der Waals surface area contributed by atoms with E-state index in [0.29, 0.717) is 18.1 Å². The zero-order valence-corrected chi connectivity index (χ0v) is 10.1. The van der Waals surface area contributed by atoms with Crippen LogP contribution in [-0.4, -0.2) is 38.2 Å². The van der Waals surface area contributed by atoms with E-state index in [0.717, 1.165) is 11.1 Å². The minimum Gasteiger partial charge on any atom is -0.410 e. The van der Waals surface area contributed by atoms with Crippen LogP contribution in [0.15, 0.2) is 29.4 Å². The van der Waals surface area contributed by atoms with Crippen LogP contribution in [-0.2, 0) is 18.4 Å². The first-order valence-electron chi connectivity index (χ1n) is 5.29. The summed E-state index contributed by atoms with van der Waals surface area (Å²) in [6, 6.07) is 7.48. The fraction of sp³-hybridized carbons (Fsp3) is 0.273. The number of aromatic nitrogens is 4. The lowest BCUT2D eigenvalue weighted by atomic mass is 10.1. The van der Waals surface area contributed by atoms with E-state index in [9.17, 15) is 0 Å². The number of benzene rings is 1. The molecule has 1 heterocycles. The van der Waals surface area contributed by atoms with Crippen LogP contribution in [0.4, 0.5) is 0 Å². The number of tetrazole rings is 1. The highest BCUT2D eigenvalue weighted by molar-refractivity contribution is 6.10. The van der Waals surface area contributed by atoms with E-state index in [4.69, 9.17) is 9.94 Å². The lowest BCUT2D eigenvalue weighted by Crippen LogP contribution is -2.11. The van der Waals surface area contributed by atoms with E-state index in [1.807, 2.05) is 24.3 Å². The summed E-state index contributed by atoms with van der Waals surface area (Å²) < 4.78 is 6.51. The van der Waals surface area contributed by atoms with Gasteiger partial charge in [-0.05, 0) is 22.1 Å². The molecule has 0 bridgehead atoms.